The lowest BCUT2D eigenvalue weighted by Crippen LogP contribution is -2.71. The summed E-state index contributed by atoms with van der Waals surface area (Å²) in [6.45, 7) is 4.69. The first kappa shape index (κ1) is 19.6. The highest BCUT2D eigenvalue weighted by molar-refractivity contribution is 5.87. The van der Waals surface area contributed by atoms with E-state index in [0.29, 0.717) is 12.0 Å². The van der Waals surface area contributed by atoms with Crippen LogP contribution in [0.5, 0.6) is 0 Å². The second-order valence-electron chi connectivity index (χ2n) is 9.20. The maximum Gasteiger partial charge on any atom is 0.317 e. The first-order valence-electron chi connectivity index (χ1n) is 11.0. The van der Waals surface area contributed by atoms with Crippen LogP contribution in [0.15, 0.2) is 24.3 Å². The first-order chi connectivity index (χ1) is 14.4. The molecule has 6 heteroatoms. The van der Waals surface area contributed by atoms with Crippen molar-refractivity contribution in [2.75, 3.05) is 20.3 Å². The average Bonchev–Trinajstić information content (AvgIpc) is 3.04. The Kier molecular flexibility index (Phi) is 4.47. The fraction of sp³-hybridized carbons (Fsp3) is 0.583. The molecule has 2 aromatic rings. The predicted octanol–water partition coefficient (Wildman–Crippen LogP) is 3.23. The quantitative estimate of drug-likeness (QED) is 0.725. The molecule has 5 heterocycles. The normalized spacial score (nSPS) is 33.9. The highest BCUT2D eigenvalue weighted by Gasteiger charge is 2.66. The highest BCUT2D eigenvalue weighted by atomic mass is 16.5. The van der Waals surface area contributed by atoms with Gasteiger partial charge in [-0.2, -0.15) is 0 Å². The van der Waals surface area contributed by atoms with Crippen LogP contribution in [-0.4, -0.2) is 47.7 Å². The fourth-order valence-electron chi connectivity index (χ4n) is 6.88. The topological polar surface area (TPSA) is 60.8 Å². The van der Waals surface area contributed by atoms with Crippen molar-refractivity contribution in [3.05, 3.63) is 35.5 Å². The van der Waals surface area contributed by atoms with E-state index >= 15 is 0 Å². The smallest absolute Gasteiger partial charge is 0.317 e. The van der Waals surface area contributed by atoms with E-state index in [4.69, 9.17) is 9.47 Å². The summed E-state index contributed by atoms with van der Waals surface area (Å²) in [4.78, 5) is 27.7. The van der Waals surface area contributed by atoms with Crippen molar-refractivity contribution in [3.63, 3.8) is 0 Å². The van der Waals surface area contributed by atoms with Crippen molar-refractivity contribution in [2.24, 2.45) is 24.3 Å². The summed E-state index contributed by atoms with van der Waals surface area (Å²) >= 11 is 0. The van der Waals surface area contributed by atoms with Gasteiger partial charge < -0.3 is 14.0 Å². The van der Waals surface area contributed by atoms with E-state index in [1.165, 1.54) is 36.2 Å². The number of aromatic nitrogens is 1. The largest absolute Gasteiger partial charge is 0.468 e. The van der Waals surface area contributed by atoms with Crippen LogP contribution in [0.25, 0.3) is 10.9 Å². The number of esters is 2. The van der Waals surface area contributed by atoms with Crippen LogP contribution < -0.4 is 0 Å². The van der Waals surface area contributed by atoms with Crippen molar-refractivity contribution in [1.29, 1.82) is 0 Å². The minimum atomic E-state index is -0.815. The van der Waals surface area contributed by atoms with Crippen molar-refractivity contribution < 1.29 is 19.1 Å². The third-order valence-corrected chi connectivity index (χ3v) is 8.13. The number of para-hydroxylation sites is 1. The van der Waals surface area contributed by atoms with Crippen molar-refractivity contribution in [1.82, 2.24) is 9.47 Å². The van der Waals surface area contributed by atoms with E-state index in [1.807, 2.05) is 0 Å². The van der Waals surface area contributed by atoms with Gasteiger partial charge in [-0.15, -0.1) is 0 Å². The van der Waals surface area contributed by atoms with Crippen molar-refractivity contribution in [2.45, 2.75) is 45.2 Å². The molecule has 6 unspecified atom stereocenters. The van der Waals surface area contributed by atoms with Crippen LogP contribution in [0.3, 0.4) is 0 Å². The number of hydrogen-bond acceptors (Lipinski definition) is 5. The Morgan fingerprint density at radius 3 is 2.73 bits per heavy atom. The second kappa shape index (κ2) is 6.84. The van der Waals surface area contributed by atoms with Crippen LogP contribution in [0.4, 0.5) is 0 Å². The molecule has 1 aromatic heterocycles. The number of benzene rings is 1. The van der Waals surface area contributed by atoms with Gasteiger partial charge in [0.1, 0.15) is 12.0 Å². The summed E-state index contributed by atoms with van der Waals surface area (Å²) in [5.74, 6) is -0.0473. The molecule has 0 N–H and O–H groups in total. The molecular weight excluding hydrogens is 380 g/mol. The molecule has 0 spiro atoms. The summed E-state index contributed by atoms with van der Waals surface area (Å²) in [7, 11) is 3.62. The van der Waals surface area contributed by atoms with Gasteiger partial charge in [0.25, 0.3) is 0 Å². The molecule has 6 nitrogen and oxygen atoms in total. The summed E-state index contributed by atoms with van der Waals surface area (Å²) in [6, 6.07) is 8.79. The number of carbonyl (C=O) groups excluding carboxylic acids is 2. The third-order valence-electron chi connectivity index (χ3n) is 8.13. The Morgan fingerprint density at radius 1 is 1.27 bits per heavy atom. The Bertz CT molecular complexity index is 1030. The molecule has 0 radical (unpaired) electrons. The van der Waals surface area contributed by atoms with Crippen LogP contribution in [0.1, 0.15) is 44.0 Å². The van der Waals surface area contributed by atoms with E-state index < -0.39 is 5.41 Å². The molecule has 4 aliphatic heterocycles. The number of methoxy groups -OCH3 is 1. The maximum atomic E-state index is 13.4. The van der Waals surface area contributed by atoms with Gasteiger partial charge in [-0.1, -0.05) is 31.5 Å². The number of aryl methyl sites for hydroxylation is 1. The molecular formula is C24H30N2O4. The first-order valence-corrected chi connectivity index (χ1v) is 11.0. The van der Waals surface area contributed by atoms with Crippen molar-refractivity contribution >= 4 is 22.8 Å². The Hall–Kier alpha value is -2.34. The number of rotatable bonds is 4. The maximum absolute atomic E-state index is 13.4. The molecule has 30 heavy (non-hydrogen) atoms. The fourth-order valence-corrected chi connectivity index (χ4v) is 6.88. The zero-order chi connectivity index (χ0) is 21.2. The van der Waals surface area contributed by atoms with Gasteiger partial charge in [0.2, 0.25) is 0 Å². The summed E-state index contributed by atoms with van der Waals surface area (Å²) < 4.78 is 13.3. The van der Waals surface area contributed by atoms with Gasteiger partial charge in [0.05, 0.1) is 13.2 Å². The zero-order valence-electron chi connectivity index (χ0n) is 18.2. The van der Waals surface area contributed by atoms with Gasteiger partial charge in [-0.3, -0.25) is 14.5 Å². The van der Waals surface area contributed by atoms with Gasteiger partial charge in [0, 0.05) is 43.2 Å². The minimum absolute atomic E-state index is 0.0193. The van der Waals surface area contributed by atoms with Crippen LogP contribution >= 0.6 is 0 Å². The van der Waals surface area contributed by atoms with Crippen LogP contribution in [0.2, 0.25) is 0 Å². The second-order valence-corrected chi connectivity index (χ2v) is 9.20. The lowest BCUT2D eigenvalue weighted by molar-refractivity contribution is -0.208. The van der Waals surface area contributed by atoms with Gasteiger partial charge in [0.15, 0.2) is 0 Å². The monoisotopic (exact) mass is 410 g/mol. The molecule has 6 atom stereocenters. The van der Waals surface area contributed by atoms with Gasteiger partial charge in [-0.25, -0.2) is 0 Å². The van der Waals surface area contributed by atoms with E-state index in [9.17, 15) is 9.59 Å². The lowest BCUT2D eigenvalue weighted by atomic mass is 9.53. The third kappa shape index (κ3) is 2.40. The van der Waals surface area contributed by atoms with E-state index in [2.05, 4.69) is 47.7 Å². The van der Waals surface area contributed by atoms with E-state index in [0.717, 1.165) is 25.8 Å². The number of carbonyl (C=O) groups is 2. The summed E-state index contributed by atoms with van der Waals surface area (Å²) in [6.07, 6.45) is 2.67. The molecule has 1 aromatic carbocycles. The van der Waals surface area contributed by atoms with Crippen molar-refractivity contribution in [3.8, 4) is 0 Å². The van der Waals surface area contributed by atoms with E-state index in [1.54, 1.807) is 0 Å². The average molecular weight is 411 g/mol. The predicted molar refractivity (Wildman–Crippen MR) is 113 cm³/mol. The van der Waals surface area contributed by atoms with Gasteiger partial charge >= 0.3 is 11.9 Å². The molecule has 4 aliphatic rings. The van der Waals surface area contributed by atoms with E-state index in [-0.39, 0.29) is 30.5 Å². The van der Waals surface area contributed by atoms with Gasteiger partial charge in [-0.05, 0) is 36.3 Å². The standard InChI is InChI=1S/C24H30N2O4/c1-5-15-12-26-20-11-18(15)24(23(28)29-4,13-30-14(2)27)21(26)10-17-16-8-6-7-9-19(16)25(3)22(17)20/h6-9,15,18,20-21H,5,10-13H2,1-4H3. The lowest BCUT2D eigenvalue weighted by Gasteiger charge is -2.64. The molecule has 6 rings (SSSR count). The molecule has 0 saturated carbocycles. The Labute approximate surface area is 177 Å². The van der Waals surface area contributed by atoms with Crippen LogP contribution in [0, 0.1) is 17.3 Å². The minimum Gasteiger partial charge on any atom is -0.468 e. The molecule has 0 amide bonds. The highest BCUT2D eigenvalue weighted by Crippen LogP contribution is 2.60. The number of hydrogen-bond donors (Lipinski definition) is 0. The number of nitrogens with zero attached hydrogens (tertiary/aromatic N) is 2. The molecule has 4 bridgehead atoms. The SMILES string of the molecule is CCC1CN2C3CC1C(COC(C)=O)(C(=O)OC)C2Cc1c3n(C)c2ccccc12. The number of fused-ring (bicyclic) bond motifs is 4. The number of piperidine rings is 3. The molecule has 3 saturated heterocycles. The number of ether oxygens (including phenoxy) is 2. The zero-order valence-corrected chi connectivity index (χ0v) is 18.2. The summed E-state index contributed by atoms with van der Waals surface area (Å²) in [5, 5.41) is 1.27. The van der Waals surface area contributed by atoms with Crippen LogP contribution in [-0.2, 0) is 32.5 Å². The Morgan fingerprint density at radius 2 is 2.03 bits per heavy atom. The Balaban J connectivity index is 1.70. The summed E-state index contributed by atoms with van der Waals surface area (Å²) in [5.41, 5.74) is 3.15. The molecule has 160 valence electrons. The molecule has 3 fully saturated rings. The molecule has 0 aliphatic carbocycles.